The lowest BCUT2D eigenvalue weighted by atomic mass is 9.58. The summed E-state index contributed by atoms with van der Waals surface area (Å²) in [4.78, 5) is 110. The van der Waals surface area contributed by atoms with Gasteiger partial charge in [-0.15, -0.1) is 12.4 Å². The minimum Gasteiger partial charge on any atom is -0.478 e. The fraction of sp³-hybridized carbons (Fsp3) is 0.273. The molecule has 85 heavy (non-hydrogen) atoms. The minimum absolute atomic E-state index is 0. The molecule has 15 nitrogen and oxygen atoms in total. The van der Waals surface area contributed by atoms with Gasteiger partial charge >= 0.3 is 28.4 Å². The lowest BCUT2D eigenvalue weighted by Crippen LogP contribution is -2.48. The quantitative estimate of drug-likeness (QED) is 0.0413. The number of nitrogens with one attached hydrogen (secondary N) is 1. The summed E-state index contributed by atoms with van der Waals surface area (Å²) in [7, 11) is 2.79. The van der Waals surface area contributed by atoms with Crippen LogP contribution in [0.1, 0.15) is 148 Å². The lowest BCUT2D eigenvalue weighted by molar-refractivity contribution is -0.127. The molecule has 0 saturated carbocycles. The number of ether oxygens (including phenoxy) is 2. The second-order valence-corrected chi connectivity index (χ2v) is 22.5. The van der Waals surface area contributed by atoms with Gasteiger partial charge in [-0.25, -0.2) is 14.4 Å². The predicted octanol–water partition coefficient (Wildman–Crippen LogP) is 13.0. The van der Waals surface area contributed by atoms with Crippen molar-refractivity contribution in [3.8, 4) is 0 Å². The van der Waals surface area contributed by atoms with Crippen molar-refractivity contribution >= 4 is 117 Å². The van der Waals surface area contributed by atoms with Crippen LogP contribution in [0.2, 0.25) is 0 Å². The number of carbonyl (C=O) groups excluding carboxylic acids is 9. The van der Waals surface area contributed by atoms with Crippen molar-refractivity contribution in [2.24, 2.45) is 21.7 Å². The Morgan fingerprint density at radius 1 is 0.529 bits per heavy atom. The topological polar surface area (TPSA) is 225 Å². The Bertz CT molecular complexity index is 3400. The number of rotatable bonds is 11. The van der Waals surface area contributed by atoms with Gasteiger partial charge < -0.3 is 24.8 Å². The third kappa shape index (κ3) is 16.9. The normalized spacial score (nSPS) is 18.2. The van der Waals surface area contributed by atoms with Crippen LogP contribution >= 0.6 is 47.2 Å². The zero-order chi connectivity index (χ0) is 62.2. The summed E-state index contributed by atoms with van der Waals surface area (Å²) < 4.78 is 9.58. The van der Waals surface area contributed by atoms with Gasteiger partial charge in [0.2, 0.25) is 0 Å². The second kappa shape index (κ2) is 30.8. The van der Waals surface area contributed by atoms with Gasteiger partial charge in [-0.1, -0.05) is 156 Å². The Balaban J connectivity index is 0.000000256. The first kappa shape index (κ1) is 69.6. The molecule has 0 radical (unpaired) electrons. The van der Waals surface area contributed by atoms with Crippen LogP contribution in [0.5, 0.6) is 0 Å². The number of esters is 2. The van der Waals surface area contributed by atoms with Crippen molar-refractivity contribution in [2.75, 3.05) is 40.4 Å². The average Bonchev–Trinajstić information content (AvgIpc) is 1.80. The van der Waals surface area contributed by atoms with Crippen LogP contribution < -0.4 is 5.32 Å². The van der Waals surface area contributed by atoms with Crippen LogP contribution in [0, 0.1) is 21.7 Å². The van der Waals surface area contributed by atoms with Crippen molar-refractivity contribution in [3.05, 3.63) is 212 Å². The van der Waals surface area contributed by atoms with E-state index in [1.165, 1.54) is 60.3 Å². The Morgan fingerprint density at radius 3 is 1.31 bits per heavy atom. The van der Waals surface area contributed by atoms with Gasteiger partial charge in [0.1, 0.15) is 0 Å². The third-order valence-corrected chi connectivity index (χ3v) is 15.8. The maximum atomic E-state index is 13.2. The summed E-state index contributed by atoms with van der Waals surface area (Å²) in [5, 5.41) is 9.14. The Morgan fingerprint density at radius 2 is 0.918 bits per heavy atom. The highest BCUT2D eigenvalue weighted by Gasteiger charge is 2.47. The van der Waals surface area contributed by atoms with Crippen LogP contribution in [0.3, 0.4) is 0 Å². The number of halogens is 4. The Kier molecular flexibility index (Phi) is 25.2. The van der Waals surface area contributed by atoms with Crippen LogP contribution in [-0.4, -0.2) is 109 Å². The van der Waals surface area contributed by atoms with Gasteiger partial charge in [-0.3, -0.25) is 33.6 Å². The molecular weight excluding hydrogens is 1170 g/mol. The smallest absolute Gasteiger partial charge is 0.337 e. The lowest BCUT2D eigenvalue weighted by Gasteiger charge is -2.50. The number of allylic oxidation sites excluding steroid dienone is 4. The molecule has 2 atom stereocenters. The van der Waals surface area contributed by atoms with Crippen molar-refractivity contribution in [1.29, 1.82) is 0 Å². The molecule has 0 saturated heterocycles. The number of hydrogen-bond acceptors (Lipinski definition) is 13. The van der Waals surface area contributed by atoms with Crippen molar-refractivity contribution in [3.63, 3.8) is 0 Å². The summed E-state index contributed by atoms with van der Waals surface area (Å²) in [6, 6.07) is 34.7. The first-order chi connectivity index (χ1) is 39.7. The molecule has 19 heteroatoms. The first-order valence-corrected chi connectivity index (χ1v) is 27.5. The van der Waals surface area contributed by atoms with Crippen molar-refractivity contribution in [2.45, 2.75) is 54.4 Å². The van der Waals surface area contributed by atoms with E-state index in [4.69, 9.17) is 26.2 Å². The van der Waals surface area contributed by atoms with Crippen LogP contribution in [0.25, 0.3) is 11.1 Å². The molecule has 9 rings (SSSR count). The first-order valence-electron chi connectivity index (χ1n) is 26.4. The number of hydrogen-bond donors (Lipinski definition) is 2. The van der Waals surface area contributed by atoms with E-state index in [1.54, 1.807) is 66.7 Å². The number of fused-ring (bicyclic) bond motifs is 2. The van der Waals surface area contributed by atoms with Gasteiger partial charge in [0.15, 0.2) is 18.9 Å². The molecular formula is C66H66Cl4N2O13. The molecule has 5 aromatic carbocycles. The zero-order valence-electron chi connectivity index (χ0n) is 48.2. The number of aromatic carboxylic acids is 1. The van der Waals surface area contributed by atoms with E-state index in [2.05, 4.69) is 94.4 Å². The minimum atomic E-state index is -1.14. The molecule has 0 spiro atoms. The molecule has 0 aromatic heterocycles. The molecule has 0 bridgehead atoms. The van der Waals surface area contributed by atoms with Gasteiger partial charge in [-0.05, 0) is 112 Å². The fourth-order valence-corrected chi connectivity index (χ4v) is 11.3. The van der Waals surface area contributed by atoms with Crippen molar-refractivity contribution < 1.29 is 62.5 Å². The summed E-state index contributed by atoms with van der Waals surface area (Å²) >= 11 is 14.2. The summed E-state index contributed by atoms with van der Waals surface area (Å²) in [5.41, 5.74) is 10.3. The highest BCUT2D eigenvalue weighted by Crippen LogP contribution is 2.56. The molecule has 446 valence electrons. The number of carboxylic acid groups (broad SMARTS) is 1. The zero-order valence-corrected chi connectivity index (χ0v) is 51.3. The number of carbonyl (C=O) groups is 10. The van der Waals surface area contributed by atoms with Crippen molar-refractivity contribution in [1.82, 2.24) is 10.2 Å². The van der Waals surface area contributed by atoms with E-state index in [1.807, 2.05) is 41.3 Å². The molecule has 2 aliphatic carbocycles. The summed E-state index contributed by atoms with van der Waals surface area (Å²) in [5.74, 6) is -1.82. The molecule has 2 aliphatic heterocycles. The summed E-state index contributed by atoms with van der Waals surface area (Å²) in [6.07, 6.45) is 12.9. The molecule has 5 aromatic rings. The number of carboxylic acids is 1. The SMILES string of the molecule is COC(=O)c1ccc(C2=CC[C@]3(C)CN(C(=O)c4ccccc4C=O)CC=C3C2(C)C)cc1.COC(=O)c1ccc(C2=CC[C@]3(C)CNCC=C3C2(C)C)cc1.Cl.O=C(Cl)C(=O)Cl.O=Cc1ccccc1C(=O)Cl.O=Cc1ccccc1C(=O)O. The Labute approximate surface area is 515 Å². The molecule has 2 N–H and O–H groups in total. The highest BCUT2D eigenvalue weighted by atomic mass is 35.5. The standard InChI is InChI=1S/C28H29NO4.C20H25NO2.C8H5ClO2.C8H6O3.C2Cl2O2.ClH/c1-27(2)23(19-9-11-20(12-10-19)26(32)33-4)13-15-28(3)18-29(16-14-24(27)28)25(31)22-8-6-5-7-21(22)17-30;1-19(2)16(9-11-20(3)13-21-12-10-17(19)20)14-5-7-15(8-6-14)18(22)23-4;9-8(11)7-4-2-1-3-6(7)5-10;9-5-6-3-1-2-4-7(6)8(10)11;3-1(5)2(4)6;/h5-14,17H,15-16,18H2,1-4H3;5-10,21H,11-13H2,1-4H3;1-5H;1-5H,(H,10,11);;1H/t28-;20-;;;;/m11..../s1. The fourth-order valence-electron chi connectivity index (χ4n) is 11.2. The van der Waals surface area contributed by atoms with Crippen LogP contribution in [-0.2, 0) is 19.1 Å². The number of amides is 1. The average molecular weight is 1240 g/mol. The van der Waals surface area contributed by atoms with E-state index in [9.17, 15) is 47.9 Å². The molecule has 4 aliphatic rings. The van der Waals surface area contributed by atoms with Gasteiger partial charge in [0.25, 0.3) is 11.1 Å². The molecule has 2 heterocycles. The maximum absolute atomic E-state index is 13.2. The van der Waals surface area contributed by atoms with Gasteiger partial charge in [-0.2, -0.15) is 0 Å². The monoisotopic (exact) mass is 1230 g/mol. The number of benzene rings is 5. The second-order valence-electron chi connectivity index (χ2n) is 21.4. The van der Waals surface area contributed by atoms with E-state index in [-0.39, 0.29) is 68.6 Å². The van der Waals surface area contributed by atoms with Gasteiger partial charge in [0, 0.05) is 70.1 Å². The number of nitrogens with zero attached hydrogens (tertiary/aromatic N) is 1. The molecule has 1 amide bonds. The number of aldehydes is 3. The molecule has 0 unspecified atom stereocenters. The largest absolute Gasteiger partial charge is 0.478 e. The third-order valence-electron chi connectivity index (χ3n) is 15.1. The van der Waals surface area contributed by atoms with Gasteiger partial charge in [0.05, 0.1) is 36.5 Å². The van der Waals surface area contributed by atoms with E-state index in [0.29, 0.717) is 53.5 Å². The van der Waals surface area contributed by atoms with E-state index < -0.39 is 21.7 Å². The van der Waals surface area contributed by atoms with Crippen LogP contribution in [0.15, 0.2) is 157 Å². The number of methoxy groups -OCH3 is 2. The molecule has 0 fully saturated rings. The van der Waals surface area contributed by atoms with E-state index >= 15 is 0 Å². The highest BCUT2D eigenvalue weighted by molar-refractivity contribution is 6.97. The predicted molar refractivity (Wildman–Crippen MR) is 331 cm³/mol. The van der Waals surface area contributed by atoms with Crippen LogP contribution in [0.4, 0.5) is 0 Å². The Hall–Kier alpha value is -7.92. The van der Waals surface area contributed by atoms with E-state index in [0.717, 1.165) is 37.8 Å². The maximum Gasteiger partial charge on any atom is 0.337 e. The summed E-state index contributed by atoms with van der Waals surface area (Å²) in [6.45, 7) is 16.7.